The lowest BCUT2D eigenvalue weighted by Gasteiger charge is -2.44. The summed E-state index contributed by atoms with van der Waals surface area (Å²) >= 11 is 0. The molecule has 2 fully saturated rings. The first-order valence-corrected chi connectivity index (χ1v) is 7.48. The van der Waals surface area contributed by atoms with Gasteiger partial charge in [-0.2, -0.15) is 0 Å². The minimum Gasteiger partial charge on any atom is -0.394 e. The lowest BCUT2D eigenvalue weighted by molar-refractivity contribution is -0.368. The summed E-state index contributed by atoms with van der Waals surface area (Å²) in [6.07, 6.45) is -14.1. The van der Waals surface area contributed by atoms with E-state index >= 15 is 0 Å². The van der Waals surface area contributed by atoms with E-state index in [2.05, 4.69) is 10.0 Å². The van der Waals surface area contributed by atoms with Crippen molar-refractivity contribution in [2.75, 3.05) is 13.2 Å². The minimum atomic E-state index is -1.74. The van der Waals surface area contributed by atoms with Crippen molar-refractivity contribution in [3.05, 3.63) is 10.4 Å². The molecule has 13 heteroatoms. The highest BCUT2D eigenvalue weighted by Gasteiger charge is 2.49. The topological polar surface area (TPSA) is 218 Å². The molecular weight excluding hydrogens is 346 g/mol. The van der Waals surface area contributed by atoms with Crippen molar-refractivity contribution in [1.29, 1.82) is 0 Å². The van der Waals surface area contributed by atoms with Crippen molar-refractivity contribution in [3.63, 3.8) is 0 Å². The molecule has 2 saturated heterocycles. The molecule has 2 aliphatic heterocycles. The van der Waals surface area contributed by atoms with Gasteiger partial charge in [0.05, 0.1) is 31.5 Å². The molecule has 0 radical (unpaired) electrons. The molecule has 0 aromatic rings. The van der Waals surface area contributed by atoms with Gasteiger partial charge < -0.3 is 50.0 Å². The maximum Gasteiger partial charge on any atom is 0.189 e. The Balaban J connectivity index is 2.12. The third-order valence-corrected chi connectivity index (χ3v) is 4.15. The van der Waals surface area contributed by atoms with Crippen LogP contribution in [0.2, 0.25) is 0 Å². The van der Waals surface area contributed by atoms with Crippen LogP contribution in [-0.2, 0) is 14.2 Å². The van der Waals surface area contributed by atoms with Crippen LogP contribution in [0.3, 0.4) is 0 Å². The number of nitrogens with zero attached hydrogens (tertiary/aromatic N) is 3. The Morgan fingerprint density at radius 2 is 1.32 bits per heavy atom. The number of hydrogen-bond donors (Lipinski definition) is 7. The smallest absolute Gasteiger partial charge is 0.189 e. The van der Waals surface area contributed by atoms with Gasteiger partial charge in [-0.05, 0) is 5.53 Å². The van der Waals surface area contributed by atoms with Crippen LogP contribution in [0.1, 0.15) is 0 Å². The molecular formula is C12H21N3O10. The number of ether oxygens (including phenoxy) is 3. The van der Waals surface area contributed by atoms with E-state index in [1.807, 2.05) is 0 Å². The minimum absolute atomic E-state index is 0.665. The maximum absolute atomic E-state index is 10.0. The summed E-state index contributed by atoms with van der Waals surface area (Å²) in [6, 6.07) is -1.28. The predicted octanol–water partition coefficient (Wildman–Crippen LogP) is -4.08. The van der Waals surface area contributed by atoms with Gasteiger partial charge in [-0.3, -0.25) is 0 Å². The summed E-state index contributed by atoms with van der Waals surface area (Å²) < 4.78 is 15.5. The zero-order chi connectivity index (χ0) is 18.7. The second-order valence-corrected chi connectivity index (χ2v) is 5.74. The van der Waals surface area contributed by atoms with Crippen LogP contribution in [0.15, 0.2) is 5.11 Å². The molecule has 2 heterocycles. The van der Waals surface area contributed by atoms with E-state index in [1.54, 1.807) is 0 Å². The van der Waals surface area contributed by atoms with Gasteiger partial charge in [0.2, 0.25) is 0 Å². The van der Waals surface area contributed by atoms with Crippen molar-refractivity contribution in [2.45, 2.75) is 61.3 Å². The van der Waals surface area contributed by atoms with E-state index in [0.29, 0.717) is 0 Å². The molecule has 0 amide bonds. The Labute approximate surface area is 141 Å². The van der Waals surface area contributed by atoms with Crippen molar-refractivity contribution < 1.29 is 50.0 Å². The van der Waals surface area contributed by atoms with Crippen LogP contribution >= 0.6 is 0 Å². The second-order valence-electron chi connectivity index (χ2n) is 5.74. The molecule has 0 bridgehead atoms. The van der Waals surface area contributed by atoms with E-state index in [4.69, 9.17) is 24.8 Å². The molecule has 0 aliphatic carbocycles. The molecule has 0 spiro atoms. The Hall–Kier alpha value is -1.09. The van der Waals surface area contributed by atoms with E-state index in [-0.39, 0.29) is 0 Å². The molecule has 0 aromatic heterocycles. The van der Waals surface area contributed by atoms with Crippen molar-refractivity contribution in [2.24, 2.45) is 5.11 Å². The number of aliphatic hydroxyl groups excluding tert-OH is 7. The fourth-order valence-electron chi connectivity index (χ4n) is 2.69. The van der Waals surface area contributed by atoms with Crippen LogP contribution in [0.5, 0.6) is 0 Å². The molecule has 144 valence electrons. The quantitative estimate of drug-likeness (QED) is 0.141. The number of azide groups is 1. The first-order chi connectivity index (χ1) is 11.8. The first-order valence-electron chi connectivity index (χ1n) is 7.48. The van der Waals surface area contributed by atoms with Crippen molar-refractivity contribution in [3.8, 4) is 0 Å². The van der Waals surface area contributed by atoms with Crippen LogP contribution in [0.4, 0.5) is 0 Å². The third-order valence-electron chi connectivity index (χ3n) is 4.15. The van der Waals surface area contributed by atoms with E-state index in [1.165, 1.54) is 0 Å². The Kier molecular flexibility index (Phi) is 6.90. The van der Waals surface area contributed by atoms with Crippen LogP contribution < -0.4 is 0 Å². The predicted molar refractivity (Wildman–Crippen MR) is 75.5 cm³/mol. The molecule has 0 saturated carbocycles. The average Bonchev–Trinajstić information content (AvgIpc) is 2.61. The molecule has 0 aromatic carbocycles. The normalized spacial score (nSPS) is 48.0. The van der Waals surface area contributed by atoms with Crippen molar-refractivity contribution in [1.82, 2.24) is 0 Å². The summed E-state index contributed by atoms with van der Waals surface area (Å²) in [4.78, 5) is 2.50. The average molecular weight is 367 g/mol. The van der Waals surface area contributed by atoms with Gasteiger partial charge >= 0.3 is 0 Å². The maximum atomic E-state index is 10.0. The second kappa shape index (κ2) is 8.53. The molecule has 10 atom stereocenters. The highest BCUT2D eigenvalue weighted by Crippen LogP contribution is 2.29. The zero-order valence-corrected chi connectivity index (χ0v) is 12.9. The zero-order valence-electron chi connectivity index (χ0n) is 12.9. The van der Waals surface area contributed by atoms with Crippen molar-refractivity contribution >= 4 is 0 Å². The van der Waals surface area contributed by atoms with Gasteiger partial charge in [-0.15, -0.1) is 0 Å². The summed E-state index contributed by atoms with van der Waals surface area (Å²) in [5.74, 6) is 0. The van der Waals surface area contributed by atoms with E-state index < -0.39 is 74.6 Å². The van der Waals surface area contributed by atoms with Gasteiger partial charge in [0, 0.05) is 4.91 Å². The van der Waals surface area contributed by atoms with Crippen LogP contribution in [0, 0.1) is 0 Å². The van der Waals surface area contributed by atoms with E-state index in [0.717, 1.165) is 0 Å². The van der Waals surface area contributed by atoms with Gasteiger partial charge in [0.1, 0.15) is 30.5 Å². The fraction of sp³-hybridized carbons (Fsp3) is 1.00. The fourth-order valence-corrected chi connectivity index (χ4v) is 2.69. The van der Waals surface area contributed by atoms with Gasteiger partial charge in [-0.25, -0.2) is 0 Å². The Morgan fingerprint density at radius 1 is 0.800 bits per heavy atom. The summed E-state index contributed by atoms with van der Waals surface area (Å²) in [5.41, 5.74) is 8.48. The summed E-state index contributed by atoms with van der Waals surface area (Å²) in [7, 11) is 0. The molecule has 13 nitrogen and oxygen atoms in total. The molecule has 2 rings (SSSR count). The third kappa shape index (κ3) is 4.02. The largest absolute Gasteiger partial charge is 0.394 e. The molecule has 25 heavy (non-hydrogen) atoms. The number of hydrogen-bond acceptors (Lipinski definition) is 11. The lowest BCUT2D eigenvalue weighted by atomic mass is 9.97. The standard InChI is InChI=1S/C12H21N3O10/c13-15-14-5-3(1-16)23-11(9(21)7(5)19)25-12-10(22)8(20)6(18)4(2-17)24-12/h3-12,16-22H,1-2H2/t3?,4-,5-,6-,7+,8?,9?,10?,11-,12-/m1/s1. The van der Waals surface area contributed by atoms with Crippen LogP contribution in [-0.4, -0.2) is 110 Å². The van der Waals surface area contributed by atoms with E-state index in [9.17, 15) is 30.6 Å². The van der Waals surface area contributed by atoms with Gasteiger partial charge in [0.25, 0.3) is 0 Å². The highest BCUT2D eigenvalue weighted by atomic mass is 16.8. The van der Waals surface area contributed by atoms with Crippen LogP contribution in [0.25, 0.3) is 10.4 Å². The molecule has 7 N–H and O–H groups in total. The molecule has 4 unspecified atom stereocenters. The monoisotopic (exact) mass is 367 g/mol. The van der Waals surface area contributed by atoms with Gasteiger partial charge in [0.15, 0.2) is 12.6 Å². The summed E-state index contributed by atoms with van der Waals surface area (Å²) in [6.45, 7) is -1.35. The first kappa shape index (κ1) is 20.2. The summed E-state index contributed by atoms with van der Waals surface area (Å²) in [5, 5.41) is 71.0. The van der Waals surface area contributed by atoms with Gasteiger partial charge in [-0.1, -0.05) is 5.11 Å². The number of aliphatic hydroxyl groups is 7. The SMILES string of the molecule is [N-]=[N+]=N[C@@H]1C(CO)O[C@H](O[C@H]2O[C@H](CO)[C@@H](O)C(O)C2O)C(O)[C@H]1O. The lowest BCUT2D eigenvalue weighted by Crippen LogP contribution is -2.63. The number of rotatable bonds is 5. The highest BCUT2D eigenvalue weighted by molar-refractivity contribution is 4.95. The Bertz CT molecular complexity index is 488. The Morgan fingerprint density at radius 3 is 1.84 bits per heavy atom. The molecule has 2 aliphatic rings.